The van der Waals surface area contributed by atoms with E-state index in [1.165, 1.54) is 0 Å². The summed E-state index contributed by atoms with van der Waals surface area (Å²) in [5.41, 5.74) is 4.12. The third-order valence-electron chi connectivity index (χ3n) is 4.05. The number of amides is 1. The molecule has 0 bridgehead atoms. The van der Waals surface area contributed by atoms with Gasteiger partial charge in [-0.15, -0.1) is 0 Å². The minimum absolute atomic E-state index is 0.310. The molecule has 1 heterocycles. The summed E-state index contributed by atoms with van der Waals surface area (Å²) in [6.45, 7) is 6.41. The Bertz CT molecular complexity index is 836. The summed E-state index contributed by atoms with van der Waals surface area (Å²) >= 11 is 0. The van der Waals surface area contributed by atoms with Crippen LogP contribution < -0.4 is 14.8 Å². The Kier molecular flexibility index (Phi) is 5.11. The summed E-state index contributed by atoms with van der Waals surface area (Å²) in [5.74, 6) is 0.123. The number of rotatable bonds is 4. The number of fused-ring (bicyclic) bond motifs is 1. The first kappa shape index (κ1) is 17.8. The van der Waals surface area contributed by atoms with Crippen molar-refractivity contribution in [3.63, 3.8) is 0 Å². The van der Waals surface area contributed by atoms with Crippen molar-refractivity contribution in [2.45, 2.75) is 20.8 Å². The van der Waals surface area contributed by atoms with Crippen molar-refractivity contribution in [3.8, 4) is 11.5 Å². The van der Waals surface area contributed by atoms with Crippen molar-refractivity contribution in [1.29, 1.82) is 0 Å². The predicted molar refractivity (Wildman–Crippen MR) is 97.0 cm³/mol. The minimum Gasteiger partial charge on any atom is -0.486 e. The molecule has 1 amide bonds. The van der Waals surface area contributed by atoms with Gasteiger partial charge in [-0.3, -0.25) is 4.79 Å². The van der Waals surface area contributed by atoms with Crippen LogP contribution in [0.2, 0.25) is 0 Å². The van der Waals surface area contributed by atoms with Gasteiger partial charge in [0.1, 0.15) is 13.2 Å². The fourth-order valence-electron chi connectivity index (χ4n) is 2.94. The van der Waals surface area contributed by atoms with Gasteiger partial charge in [0.05, 0.1) is 5.56 Å². The number of anilines is 1. The van der Waals surface area contributed by atoms with Crippen molar-refractivity contribution in [2.75, 3.05) is 25.1 Å². The van der Waals surface area contributed by atoms with E-state index in [1.807, 2.05) is 32.9 Å². The van der Waals surface area contributed by atoms with Gasteiger partial charge >= 0.3 is 5.97 Å². The van der Waals surface area contributed by atoms with E-state index >= 15 is 0 Å². The number of benzene rings is 2. The first-order valence-electron chi connectivity index (χ1n) is 8.38. The average Bonchev–Trinajstić information content (AvgIpc) is 2.62. The minimum atomic E-state index is -0.588. The van der Waals surface area contributed by atoms with Gasteiger partial charge in [0.2, 0.25) is 0 Å². The van der Waals surface area contributed by atoms with E-state index in [0.29, 0.717) is 30.3 Å². The molecule has 2 aromatic rings. The van der Waals surface area contributed by atoms with Gasteiger partial charge in [-0.2, -0.15) is 0 Å². The lowest BCUT2D eigenvalue weighted by Gasteiger charge is -2.18. The summed E-state index contributed by atoms with van der Waals surface area (Å²) in [7, 11) is 0. The van der Waals surface area contributed by atoms with Gasteiger partial charge < -0.3 is 19.5 Å². The maximum absolute atomic E-state index is 12.2. The fraction of sp³-hybridized carbons (Fsp3) is 0.300. The molecule has 136 valence electrons. The van der Waals surface area contributed by atoms with Crippen LogP contribution in [0.4, 0.5) is 5.69 Å². The number of esters is 1. The highest BCUT2D eigenvalue weighted by Gasteiger charge is 2.17. The van der Waals surface area contributed by atoms with Crippen LogP contribution in [0.25, 0.3) is 0 Å². The molecular formula is C20H21NO5. The van der Waals surface area contributed by atoms with E-state index in [9.17, 15) is 9.59 Å². The molecule has 2 aromatic carbocycles. The Morgan fingerprint density at radius 1 is 1.00 bits per heavy atom. The molecule has 0 spiro atoms. The molecular weight excluding hydrogens is 334 g/mol. The van der Waals surface area contributed by atoms with E-state index in [0.717, 1.165) is 22.4 Å². The number of nitrogens with one attached hydrogen (secondary N) is 1. The third-order valence-corrected chi connectivity index (χ3v) is 4.05. The van der Waals surface area contributed by atoms with Crippen molar-refractivity contribution < 1.29 is 23.8 Å². The molecule has 0 fully saturated rings. The van der Waals surface area contributed by atoms with Crippen LogP contribution in [0.15, 0.2) is 30.3 Å². The molecule has 6 nitrogen and oxygen atoms in total. The molecule has 0 radical (unpaired) electrons. The Morgan fingerprint density at radius 3 is 2.35 bits per heavy atom. The van der Waals surface area contributed by atoms with Crippen LogP contribution in [0, 0.1) is 20.8 Å². The molecule has 0 aromatic heterocycles. The van der Waals surface area contributed by atoms with Gasteiger partial charge in [0.15, 0.2) is 18.1 Å². The van der Waals surface area contributed by atoms with Crippen molar-refractivity contribution in [2.24, 2.45) is 0 Å². The molecule has 6 heteroatoms. The van der Waals surface area contributed by atoms with Crippen molar-refractivity contribution in [1.82, 2.24) is 0 Å². The van der Waals surface area contributed by atoms with Crippen LogP contribution in [-0.2, 0) is 9.53 Å². The summed E-state index contributed by atoms with van der Waals surface area (Å²) in [5, 5.41) is 2.80. The molecule has 0 aliphatic carbocycles. The van der Waals surface area contributed by atoms with Crippen LogP contribution in [0.5, 0.6) is 11.5 Å². The van der Waals surface area contributed by atoms with Crippen molar-refractivity contribution >= 4 is 17.6 Å². The quantitative estimate of drug-likeness (QED) is 0.853. The Balaban J connectivity index is 1.60. The smallest absolute Gasteiger partial charge is 0.338 e. The largest absolute Gasteiger partial charge is 0.486 e. The Morgan fingerprint density at radius 2 is 1.65 bits per heavy atom. The molecule has 0 unspecified atom stereocenters. The van der Waals surface area contributed by atoms with E-state index in [2.05, 4.69) is 5.32 Å². The van der Waals surface area contributed by atoms with Gasteiger partial charge in [-0.05, 0) is 50.1 Å². The lowest BCUT2D eigenvalue weighted by atomic mass is 10.1. The number of hydrogen-bond acceptors (Lipinski definition) is 5. The molecule has 0 atom stereocenters. The number of ether oxygens (including phenoxy) is 3. The highest BCUT2D eigenvalue weighted by atomic mass is 16.6. The second-order valence-corrected chi connectivity index (χ2v) is 6.26. The summed E-state index contributed by atoms with van der Waals surface area (Å²) in [6.07, 6.45) is 0. The fourth-order valence-corrected chi connectivity index (χ4v) is 2.94. The average molecular weight is 355 g/mol. The topological polar surface area (TPSA) is 73.9 Å². The van der Waals surface area contributed by atoms with E-state index in [-0.39, 0.29) is 12.5 Å². The number of carbonyl (C=O) groups is 2. The zero-order chi connectivity index (χ0) is 18.7. The van der Waals surface area contributed by atoms with Gasteiger partial charge in [-0.25, -0.2) is 4.79 Å². The lowest BCUT2D eigenvalue weighted by molar-refractivity contribution is -0.119. The molecule has 3 rings (SSSR count). The first-order valence-corrected chi connectivity index (χ1v) is 8.38. The van der Waals surface area contributed by atoms with Crippen LogP contribution in [0.3, 0.4) is 0 Å². The molecule has 26 heavy (non-hydrogen) atoms. The standard InChI is InChI=1S/C20H21NO5/c1-12-8-13(2)19(14(3)9-12)21-18(22)11-26-20(23)15-4-5-16-17(10-15)25-7-6-24-16/h4-5,8-10H,6-7,11H2,1-3H3,(H,21,22). The molecule has 0 saturated heterocycles. The molecule has 1 aliphatic heterocycles. The zero-order valence-corrected chi connectivity index (χ0v) is 15.0. The molecule has 1 N–H and O–H groups in total. The van der Waals surface area contributed by atoms with Crippen LogP contribution in [-0.4, -0.2) is 31.7 Å². The lowest BCUT2D eigenvalue weighted by Crippen LogP contribution is -2.22. The second kappa shape index (κ2) is 7.47. The zero-order valence-electron chi connectivity index (χ0n) is 15.0. The number of carbonyl (C=O) groups excluding carboxylic acids is 2. The van der Waals surface area contributed by atoms with Gasteiger partial charge in [-0.1, -0.05) is 17.7 Å². The highest BCUT2D eigenvalue weighted by molar-refractivity contribution is 5.96. The van der Waals surface area contributed by atoms with Crippen LogP contribution in [0.1, 0.15) is 27.0 Å². The number of hydrogen-bond donors (Lipinski definition) is 1. The molecule has 0 saturated carbocycles. The summed E-state index contributed by atoms with van der Waals surface area (Å²) in [4.78, 5) is 24.3. The maximum atomic E-state index is 12.2. The first-order chi connectivity index (χ1) is 12.4. The molecule has 1 aliphatic rings. The summed E-state index contributed by atoms with van der Waals surface area (Å²) in [6, 6.07) is 8.78. The second-order valence-electron chi connectivity index (χ2n) is 6.26. The maximum Gasteiger partial charge on any atom is 0.338 e. The van der Waals surface area contributed by atoms with Gasteiger partial charge in [0, 0.05) is 5.69 Å². The normalized spacial score (nSPS) is 12.4. The van der Waals surface area contributed by atoms with Gasteiger partial charge in [0.25, 0.3) is 5.91 Å². The highest BCUT2D eigenvalue weighted by Crippen LogP contribution is 2.31. The summed E-state index contributed by atoms with van der Waals surface area (Å²) < 4.78 is 16.0. The Hall–Kier alpha value is -3.02. The Labute approximate surface area is 152 Å². The monoisotopic (exact) mass is 355 g/mol. The van der Waals surface area contributed by atoms with E-state index in [1.54, 1.807) is 18.2 Å². The van der Waals surface area contributed by atoms with E-state index < -0.39 is 5.97 Å². The SMILES string of the molecule is Cc1cc(C)c(NC(=O)COC(=O)c2ccc3c(c2)OCCO3)c(C)c1. The van der Waals surface area contributed by atoms with Crippen LogP contribution >= 0.6 is 0 Å². The van der Waals surface area contributed by atoms with E-state index in [4.69, 9.17) is 14.2 Å². The third kappa shape index (κ3) is 3.96. The number of aryl methyl sites for hydroxylation is 3. The predicted octanol–water partition coefficient (Wildman–Crippen LogP) is 3.18. The van der Waals surface area contributed by atoms with Crippen molar-refractivity contribution in [3.05, 3.63) is 52.6 Å².